The number of rotatable bonds is 4. The maximum absolute atomic E-state index is 10.0. The first kappa shape index (κ1) is 18.9. The van der Waals surface area contributed by atoms with E-state index in [0.717, 1.165) is 0 Å². The average molecular weight is 340 g/mol. The lowest BCUT2D eigenvalue weighted by atomic mass is 9.96. The van der Waals surface area contributed by atoms with Gasteiger partial charge in [-0.3, -0.25) is 0 Å². The molecule has 0 aromatic rings. The number of hydrogen-bond acceptors (Lipinski definition) is 11. The van der Waals surface area contributed by atoms with Crippen molar-refractivity contribution in [3.05, 3.63) is 0 Å². The fraction of sp³-hybridized carbons (Fsp3) is 1.00. The molecule has 2 rings (SSSR count). The number of aliphatic hydroxyl groups excluding tert-OH is 6. The Morgan fingerprint density at radius 3 is 2.09 bits per heavy atom. The minimum atomic E-state index is -1.69. The lowest BCUT2D eigenvalue weighted by molar-refractivity contribution is -0.337. The highest BCUT2D eigenvalue weighted by atomic mass is 16.7. The summed E-state index contributed by atoms with van der Waals surface area (Å²) >= 11 is 0. The summed E-state index contributed by atoms with van der Waals surface area (Å²) < 4.78 is 15.8. The molecule has 11 heteroatoms. The van der Waals surface area contributed by atoms with Crippen molar-refractivity contribution in [3.8, 4) is 0 Å². The summed E-state index contributed by atoms with van der Waals surface area (Å²) in [4.78, 5) is 0. The van der Waals surface area contributed by atoms with Gasteiger partial charge in [0, 0.05) is 6.54 Å². The van der Waals surface area contributed by atoms with Crippen molar-refractivity contribution in [2.24, 2.45) is 11.5 Å². The normalized spacial score (nSPS) is 51.7. The molecule has 0 aromatic carbocycles. The van der Waals surface area contributed by atoms with Crippen molar-refractivity contribution >= 4 is 0 Å². The lowest BCUT2D eigenvalue weighted by Crippen LogP contribution is -2.66. The molecule has 11 nitrogen and oxygen atoms in total. The van der Waals surface area contributed by atoms with Gasteiger partial charge < -0.3 is 56.3 Å². The van der Waals surface area contributed by atoms with Crippen LogP contribution in [0.5, 0.6) is 0 Å². The van der Waals surface area contributed by atoms with E-state index in [1.807, 2.05) is 0 Å². The van der Waals surface area contributed by atoms with Gasteiger partial charge >= 0.3 is 0 Å². The fourth-order valence-corrected chi connectivity index (χ4v) is 2.66. The maximum Gasteiger partial charge on any atom is 0.184 e. The molecule has 136 valence electrons. The lowest BCUT2D eigenvalue weighted by Gasteiger charge is -2.45. The second-order valence-electron chi connectivity index (χ2n) is 5.67. The number of ether oxygens (including phenoxy) is 3. The molecule has 0 aromatic heterocycles. The van der Waals surface area contributed by atoms with Gasteiger partial charge in [0.1, 0.15) is 42.7 Å². The molecule has 10 atom stereocenters. The molecule has 0 bridgehead atoms. The van der Waals surface area contributed by atoms with Crippen LogP contribution in [0, 0.1) is 0 Å². The largest absolute Gasteiger partial charge is 0.394 e. The summed E-state index contributed by atoms with van der Waals surface area (Å²) in [5.41, 5.74) is 11.2. The molecule has 2 heterocycles. The number of aliphatic hydroxyl groups is 6. The van der Waals surface area contributed by atoms with Crippen molar-refractivity contribution in [1.29, 1.82) is 0 Å². The Balaban J connectivity index is 2.11. The zero-order chi connectivity index (χ0) is 17.3. The van der Waals surface area contributed by atoms with Gasteiger partial charge in [0.05, 0.1) is 12.6 Å². The predicted molar refractivity (Wildman–Crippen MR) is 72.6 cm³/mol. The zero-order valence-corrected chi connectivity index (χ0v) is 12.3. The summed E-state index contributed by atoms with van der Waals surface area (Å²) in [6.07, 6.45) is -12.3. The molecule has 2 fully saturated rings. The average Bonchev–Trinajstić information content (AvgIpc) is 2.55. The van der Waals surface area contributed by atoms with E-state index in [9.17, 15) is 30.6 Å². The SMILES string of the molecule is NC[C@H]1O[C@H](O[C@H]2[C@H](O)[C@@H](O)[C@@H](O)O[C@@H]2CO)[C@H](N)[C@@H](O)[C@@H]1O. The van der Waals surface area contributed by atoms with Gasteiger partial charge in [0.25, 0.3) is 0 Å². The Kier molecular flexibility index (Phi) is 6.27. The molecule has 10 N–H and O–H groups in total. The Bertz CT molecular complexity index is 386. The number of hydrogen-bond donors (Lipinski definition) is 8. The molecule has 0 unspecified atom stereocenters. The van der Waals surface area contributed by atoms with Crippen molar-refractivity contribution < 1.29 is 44.8 Å². The van der Waals surface area contributed by atoms with Crippen molar-refractivity contribution in [3.63, 3.8) is 0 Å². The Morgan fingerprint density at radius 1 is 0.870 bits per heavy atom. The van der Waals surface area contributed by atoms with Crippen LogP contribution >= 0.6 is 0 Å². The monoisotopic (exact) mass is 340 g/mol. The summed E-state index contributed by atoms with van der Waals surface area (Å²) in [5, 5.41) is 58.1. The highest BCUT2D eigenvalue weighted by Gasteiger charge is 2.49. The summed E-state index contributed by atoms with van der Waals surface area (Å²) in [6.45, 7) is -0.724. The molecule has 0 aliphatic carbocycles. The third-order valence-electron chi connectivity index (χ3n) is 4.11. The van der Waals surface area contributed by atoms with Gasteiger partial charge in [0.15, 0.2) is 12.6 Å². The highest BCUT2D eigenvalue weighted by Crippen LogP contribution is 2.27. The predicted octanol–water partition coefficient (Wildman–Crippen LogP) is -5.46. The Hall–Kier alpha value is -0.440. The minimum absolute atomic E-state index is 0.112. The fourth-order valence-electron chi connectivity index (χ4n) is 2.66. The van der Waals surface area contributed by atoms with Crippen molar-refractivity contribution in [2.45, 2.75) is 61.3 Å². The maximum atomic E-state index is 10.0. The molecular weight excluding hydrogens is 316 g/mol. The third-order valence-corrected chi connectivity index (χ3v) is 4.11. The second-order valence-corrected chi connectivity index (χ2v) is 5.67. The summed E-state index contributed by atoms with van der Waals surface area (Å²) in [7, 11) is 0. The van der Waals surface area contributed by atoms with Crippen LogP contribution < -0.4 is 11.5 Å². The first-order valence-corrected chi connectivity index (χ1v) is 7.25. The molecule has 23 heavy (non-hydrogen) atoms. The molecule has 2 aliphatic heterocycles. The van der Waals surface area contributed by atoms with Gasteiger partial charge in [-0.1, -0.05) is 0 Å². The minimum Gasteiger partial charge on any atom is -0.394 e. The van der Waals surface area contributed by atoms with Gasteiger partial charge in [-0.2, -0.15) is 0 Å². The summed E-state index contributed by atoms with van der Waals surface area (Å²) in [5.74, 6) is 0. The van der Waals surface area contributed by atoms with E-state index in [1.54, 1.807) is 0 Å². The van der Waals surface area contributed by atoms with E-state index in [4.69, 9.17) is 25.7 Å². The third kappa shape index (κ3) is 3.65. The van der Waals surface area contributed by atoms with Gasteiger partial charge in [-0.05, 0) is 0 Å². The van der Waals surface area contributed by atoms with Crippen LogP contribution in [0.4, 0.5) is 0 Å². The van der Waals surface area contributed by atoms with Gasteiger partial charge in [-0.15, -0.1) is 0 Å². The van der Waals surface area contributed by atoms with Crippen LogP contribution in [-0.4, -0.2) is 105 Å². The van der Waals surface area contributed by atoms with Crippen LogP contribution in [0.3, 0.4) is 0 Å². The Labute approximate surface area is 132 Å². The van der Waals surface area contributed by atoms with Crippen LogP contribution in [0.1, 0.15) is 0 Å². The van der Waals surface area contributed by atoms with Crippen molar-refractivity contribution in [1.82, 2.24) is 0 Å². The first-order chi connectivity index (χ1) is 10.8. The Morgan fingerprint density at radius 2 is 1.52 bits per heavy atom. The highest BCUT2D eigenvalue weighted by molar-refractivity contribution is 4.95. The smallest absolute Gasteiger partial charge is 0.184 e. The molecule has 0 spiro atoms. The molecule has 0 radical (unpaired) electrons. The van der Waals surface area contributed by atoms with Gasteiger partial charge in [0.2, 0.25) is 0 Å². The molecule has 2 aliphatic rings. The molecular formula is C12H24N2O9. The quantitative estimate of drug-likeness (QED) is 0.242. The van der Waals surface area contributed by atoms with Crippen LogP contribution in [0.25, 0.3) is 0 Å². The molecule has 2 saturated heterocycles. The number of nitrogens with two attached hydrogens (primary N) is 2. The van der Waals surface area contributed by atoms with Crippen molar-refractivity contribution in [2.75, 3.05) is 13.2 Å². The molecule has 0 saturated carbocycles. The van der Waals surface area contributed by atoms with E-state index < -0.39 is 68.0 Å². The second kappa shape index (κ2) is 7.63. The van der Waals surface area contributed by atoms with E-state index in [0.29, 0.717) is 0 Å². The molecule has 0 amide bonds. The van der Waals surface area contributed by atoms with E-state index in [-0.39, 0.29) is 6.54 Å². The zero-order valence-electron chi connectivity index (χ0n) is 12.3. The summed E-state index contributed by atoms with van der Waals surface area (Å²) in [6, 6.07) is -1.16. The topological polar surface area (TPSA) is 201 Å². The van der Waals surface area contributed by atoms with E-state index in [2.05, 4.69) is 0 Å². The van der Waals surface area contributed by atoms with Crippen LogP contribution in [0.2, 0.25) is 0 Å². The first-order valence-electron chi connectivity index (χ1n) is 7.25. The van der Waals surface area contributed by atoms with E-state index >= 15 is 0 Å². The van der Waals surface area contributed by atoms with Crippen LogP contribution in [0.15, 0.2) is 0 Å². The standard InChI is InChI=1S/C12H24N2O9/c13-1-3-6(16)7(17)5(14)12(22-3)23-10-4(2-15)21-11(20)9(19)8(10)18/h3-12,15-20H,1-2,13-14H2/t3-,4-,5-,6-,7-,8-,9-,10-,11+,12-/m1/s1. The van der Waals surface area contributed by atoms with E-state index in [1.165, 1.54) is 0 Å². The van der Waals surface area contributed by atoms with Crippen LogP contribution in [-0.2, 0) is 14.2 Å². The van der Waals surface area contributed by atoms with Gasteiger partial charge in [-0.25, -0.2) is 0 Å².